The lowest BCUT2D eigenvalue weighted by molar-refractivity contribution is 0.431. The minimum atomic E-state index is 0.363. The molecule has 0 atom stereocenters. The van der Waals surface area contributed by atoms with E-state index in [1.54, 1.807) is 6.07 Å². The van der Waals surface area contributed by atoms with E-state index < -0.39 is 0 Å². The summed E-state index contributed by atoms with van der Waals surface area (Å²) < 4.78 is 6.22. The highest BCUT2D eigenvalue weighted by Gasteiger charge is 2.14. The van der Waals surface area contributed by atoms with Crippen molar-refractivity contribution in [1.82, 2.24) is 20.3 Å². The maximum atomic E-state index is 5.54. The molecule has 0 radical (unpaired) electrons. The third kappa shape index (κ3) is 2.24. The van der Waals surface area contributed by atoms with E-state index in [-0.39, 0.29) is 0 Å². The predicted octanol–water partition coefficient (Wildman–Crippen LogP) is 2.78. The molecule has 0 bridgehead atoms. The number of anilines is 1. The number of nitrogens with one attached hydrogen (secondary N) is 1. The second-order valence-corrected chi connectivity index (χ2v) is 5.00. The van der Waals surface area contributed by atoms with Gasteiger partial charge in [0.2, 0.25) is 5.82 Å². The number of hydrogen-bond donors (Lipinski definition) is 2. The van der Waals surface area contributed by atoms with Gasteiger partial charge in [0, 0.05) is 16.1 Å². The lowest BCUT2D eigenvalue weighted by atomic mass is 10.1. The highest BCUT2D eigenvalue weighted by atomic mass is 79.9. The van der Waals surface area contributed by atoms with Crippen molar-refractivity contribution in [3.8, 4) is 23.0 Å². The quantitative estimate of drug-likeness (QED) is 0.757. The van der Waals surface area contributed by atoms with Crippen LogP contribution >= 0.6 is 15.9 Å². The van der Waals surface area contributed by atoms with Crippen molar-refractivity contribution in [2.45, 2.75) is 6.92 Å². The Morgan fingerprint density at radius 3 is 2.84 bits per heavy atom. The van der Waals surface area contributed by atoms with Crippen LogP contribution in [0.1, 0.15) is 5.56 Å². The number of hydrogen-bond acceptors (Lipinski definition) is 5. The number of benzene rings is 1. The molecule has 0 unspecified atom stereocenters. The van der Waals surface area contributed by atoms with Gasteiger partial charge in [-0.25, -0.2) is 0 Å². The average molecular weight is 320 g/mol. The van der Waals surface area contributed by atoms with Gasteiger partial charge in [-0.05, 0) is 30.7 Å². The third-order valence-corrected chi connectivity index (χ3v) is 3.18. The first-order valence-electron chi connectivity index (χ1n) is 5.55. The maximum Gasteiger partial charge on any atom is 0.276 e. The molecule has 1 aromatic carbocycles. The number of halogens is 1. The molecule has 2 heterocycles. The summed E-state index contributed by atoms with van der Waals surface area (Å²) in [5.74, 6) is 1.28. The monoisotopic (exact) mass is 319 g/mol. The SMILES string of the molecule is Cc1cc(Br)ccc1-c1noc(-c2cc(N)n[nH]2)n1. The van der Waals surface area contributed by atoms with E-state index >= 15 is 0 Å². The number of rotatable bonds is 2. The van der Waals surface area contributed by atoms with E-state index in [2.05, 4.69) is 36.3 Å². The second kappa shape index (κ2) is 4.51. The largest absolute Gasteiger partial charge is 0.382 e. The lowest BCUT2D eigenvalue weighted by Crippen LogP contribution is -1.85. The Labute approximate surface area is 117 Å². The summed E-state index contributed by atoms with van der Waals surface area (Å²) in [5.41, 5.74) is 8.12. The molecule has 6 nitrogen and oxygen atoms in total. The summed E-state index contributed by atoms with van der Waals surface area (Å²) in [6.07, 6.45) is 0. The van der Waals surface area contributed by atoms with E-state index in [4.69, 9.17) is 10.3 Å². The Bertz CT molecular complexity index is 733. The minimum Gasteiger partial charge on any atom is -0.382 e. The Kier molecular flexibility index (Phi) is 2.83. The molecule has 0 aliphatic heterocycles. The Morgan fingerprint density at radius 1 is 1.32 bits per heavy atom. The van der Waals surface area contributed by atoms with Gasteiger partial charge in [0.05, 0.1) is 0 Å². The number of aromatic nitrogens is 4. The van der Waals surface area contributed by atoms with Crippen LogP contribution in [0.4, 0.5) is 5.82 Å². The minimum absolute atomic E-state index is 0.363. The van der Waals surface area contributed by atoms with Gasteiger partial charge in [-0.2, -0.15) is 10.1 Å². The zero-order chi connectivity index (χ0) is 13.4. The van der Waals surface area contributed by atoms with Gasteiger partial charge in [0.25, 0.3) is 5.89 Å². The van der Waals surface area contributed by atoms with Gasteiger partial charge < -0.3 is 10.3 Å². The Hall–Kier alpha value is -2.15. The standard InChI is InChI=1S/C12H10BrN5O/c1-6-4-7(13)2-3-8(6)11-15-12(19-18-11)9-5-10(14)17-16-9/h2-5H,1H3,(H3,14,16,17). The molecule has 0 fully saturated rings. The van der Waals surface area contributed by atoms with Gasteiger partial charge in [0.1, 0.15) is 11.5 Å². The molecule has 0 saturated carbocycles. The van der Waals surface area contributed by atoms with Crippen LogP contribution in [0.15, 0.2) is 33.3 Å². The van der Waals surface area contributed by atoms with E-state index in [0.29, 0.717) is 23.2 Å². The molecule has 0 amide bonds. The smallest absolute Gasteiger partial charge is 0.276 e. The average Bonchev–Trinajstić information content (AvgIpc) is 2.97. The molecule has 2 aromatic heterocycles. The van der Waals surface area contributed by atoms with Crippen molar-refractivity contribution in [2.24, 2.45) is 0 Å². The van der Waals surface area contributed by atoms with Crippen molar-refractivity contribution in [1.29, 1.82) is 0 Å². The van der Waals surface area contributed by atoms with Gasteiger partial charge in [-0.1, -0.05) is 21.1 Å². The van der Waals surface area contributed by atoms with Crippen LogP contribution in [0.25, 0.3) is 23.0 Å². The lowest BCUT2D eigenvalue weighted by Gasteiger charge is -2.00. The zero-order valence-electron chi connectivity index (χ0n) is 10.0. The molecule has 19 heavy (non-hydrogen) atoms. The van der Waals surface area contributed by atoms with E-state index in [9.17, 15) is 0 Å². The van der Waals surface area contributed by atoms with Crippen LogP contribution < -0.4 is 5.73 Å². The first-order valence-corrected chi connectivity index (χ1v) is 6.34. The number of nitrogen functional groups attached to an aromatic ring is 1. The molecular formula is C12H10BrN5O. The van der Waals surface area contributed by atoms with Crippen LogP contribution in [0.2, 0.25) is 0 Å². The molecule has 0 aliphatic rings. The first-order chi connectivity index (χ1) is 9.13. The molecule has 0 saturated heterocycles. The van der Waals surface area contributed by atoms with Crippen LogP contribution in [-0.2, 0) is 0 Å². The van der Waals surface area contributed by atoms with E-state index in [1.165, 1.54) is 0 Å². The summed E-state index contributed by atoms with van der Waals surface area (Å²) in [6, 6.07) is 7.52. The predicted molar refractivity (Wildman–Crippen MR) is 74.2 cm³/mol. The second-order valence-electron chi connectivity index (χ2n) is 4.09. The summed E-state index contributed by atoms with van der Waals surface area (Å²) in [5, 5.41) is 10.5. The molecule has 3 aromatic rings. The topological polar surface area (TPSA) is 93.6 Å². The van der Waals surface area contributed by atoms with E-state index in [1.807, 2.05) is 25.1 Å². The third-order valence-electron chi connectivity index (χ3n) is 2.68. The molecule has 0 aliphatic carbocycles. The number of aryl methyl sites for hydroxylation is 1. The van der Waals surface area contributed by atoms with Crippen LogP contribution in [0.5, 0.6) is 0 Å². The molecule has 7 heteroatoms. The van der Waals surface area contributed by atoms with E-state index in [0.717, 1.165) is 15.6 Å². The van der Waals surface area contributed by atoms with Gasteiger partial charge in [-0.15, -0.1) is 0 Å². The highest BCUT2D eigenvalue weighted by Crippen LogP contribution is 2.26. The van der Waals surface area contributed by atoms with Crippen molar-refractivity contribution in [3.05, 3.63) is 34.3 Å². The van der Waals surface area contributed by atoms with Crippen molar-refractivity contribution in [2.75, 3.05) is 5.73 Å². The molecule has 0 spiro atoms. The van der Waals surface area contributed by atoms with Gasteiger partial charge >= 0.3 is 0 Å². The number of H-pyrrole nitrogens is 1. The Morgan fingerprint density at radius 2 is 2.16 bits per heavy atom. The molecule has 3 rings (SSSR count). The van der Waals surface area contributed by atoms with Gasteiger partial charge in [-0.3, -0.25) is 5.10 Å². The number of aromatic amines is 1. The number of nitrogens with two attached hydrogens (primary N) is 1. The maximum absolute atomic E-state index is 5.54. The summed E-state index contributed by atoms with van der Waals surface area (Å²) in [6.45, 7) is 1.99. The van der Waals surface area contributed by atoms with Crippen LogP contribution in [0, 0.1) is 6.92 Å². The summed E-state index contributed by atoms with van der Waals surface area (Å²) in [7, 11) is 0. The van der Waals surface area contributed by atoms with Crippen molar-refractivity contribution >= 4 is 21.7 Å². The Balaban J connectivity index is 2.01. The van der Waals surface area contributed by atoms with Crippen LogP contribution in [-0.4, -0.2) is 20.3 Å². The number of nitrogens with zero attached hydrogens (tertiary/aromatic N) is 3. The zero-order valence-corrected chi connectivity index (χ0v) is 11.6. The summed E-state index contributed by atoms with van der Waals surface area (Å²) >= 11 is 3.42. The fraction of sp³-hybridized carbons (Fsp3) is 0.0833. The van der Waals surface area contributed by atoms with Crippen molar-refractivity contribution < 1.29 is 4.52 Å². The molecular weight excluding hydrogens is 310 g/mol. The first kappa shape index (κ1) is 11.9. The van der Waals surface area contributed by atoms with Crippen molar-refractivity contribution in [3.63, 3.8) is 0 Å². The molecule has 96 valence electrons. The summed E-state index contributed by atoms with van der Waals surface area (Å²) in [4.78, 5) is 4.33. The fourth-order valence-corrected chi connectivity index (χ4v) is 2.24. The normalized spacial score (nSPS) is 10.8. The van der Waals surface area contributed by atoms with Gasteiger partial charge in [0.15, 0.2) is 0 Å². The fourth-order valence-electron chi connectivity index (χ4n) is 1.77. The highest BCUT2D eigenvalue weighted by molar-refractivity contribution is 9.10. The van der Waals surface area contributed by atoms with Crippen LogP contribution in [0.3, 0.4) is 0 Å². The molecule has 3 N–H and O–H groups in total.